The first-order chi connectivity index (χ1) is 14.0. The van der Waals surface area contributed by atoms with Crippen molar-refractivity contribution in [3.63, 3.8) is 0 Å². The molecule has 0 aliphatic carbocycles. The van der Waals surface area contributed by atoms with Crippen LogP contribution in [0.25, 0.3) is 10.9 Å². The van der Waals surface area contributed by atoms with Gasteiger partial charge in [0.2, 0.25) is 0 Å². The van der Waals surface area contributed by atoms with Gasteiger partial charge in [0.05, 0.1) is 10.4 Å². The van der Waals surface area contributed by atoms with Crippen LogP contribution in [0.3, 0.4) is 0 Å². The number of carbonyl (C=O) groups is 1. The molecule has 152 valence electrons. The van der Waals surface area contributed by atoms with Gasteiger partial charge in [0, 0.05) is 42.9 Å². The Bertz CT molecular complexity index is 1130. The summed E-state index contributed by atoms with van der Waals surface area (Å²) in [5.41, 5.74) is 1.93. The number of nitrogens with one attached hydrogen (secondary N) is 1. The molecule has 1 aliphatic rings. The number of hydrogen-bond donors (Lipinski definition) is 1. The topological polar surface area (TPSA) is 77.4 Å². The van der Waals surface area contributed by atoms with Crippen molar-refractivity contribution in [1.29, 1.82) is 0 Å². The van der Waals surface area contributed by atoms with Crippen molar-refractivity contribution in [1.82, 2.24) is 9.29 Å². The van der Waals surface area contributed by atoms with Crippen LogP contribution in [0.1, 0.15) is 35.7 Å². The van der Waals surface area contributed by atoms with E-state index >= 15 is 0 Å². The number of ether oxygens (including phenoxy) is 1. The van der Waals surface area contributed by atoms with Gasteiger partial charge in [-0.3, -0.25) is 4.79 Å². The van der Waals surface area contributed by atoms with Crippen LogP contribution in [0.4, 0.5) is 0 Å². The second kappa shape index (κ2) is 8.10. The van der Waals surface area contributed by atoms with Gasteiger partial charge >= 0.3 is 0 Å². The van der Waals surface area contributed by atoms with E-state index in [2.05, 4.69) is 5.32 Å². The van der Waals surface area contributed by atoms with E-state index in [1.54, 1.807) is 36.4 Å². The number of nitrogens with zero attached hydrogens (tertiary/aromatic N) is 1. The van der Waals surface area contributed by atoms with Crippen molar-refractivity contribution in [2.75, 3.05) is 13.2 Å². The Morgan fingerprint density at radius 1 is 1.14 bits per heavy atom. The normalized spacial score (nSPS) is 15.6. The van der Waals surface area contributed by atoms with Gasteiger partial charge in [-0.25, -0.2) is 12.4 Å². The SMILES string of the molecule is CC(=O)c1cn(S(=O)(=O)c2ccccc2)c2ccc(CNC3CCOCC3)cc12. The number of rotatable bonds is 6. The molecule has 2 heterocycles. The quantitative estimate of drug-likeness (QED) is 0.628. The zero-order chi connectivity index (χ0) is 20.4. The minimum Gasteiger partial charge on any atom is -0.381 e. The van der Waals surface area contributed by atoms with Crippen molar-refractivity contribution in [2.24, 2.45) is 0 Å². The van der Waals surface area contributed by atoms with E-state index in [9.17, 15) is 13.2 Å². The Morgan fingerprint density at radius 2 is 1.86 bits per heavy atom. The molecule has 3 aromatic rings. The molecule has 0 atom stereocenters. The highest BCUT2D eigenvalue weighted by Gasteiger charge is 2.23. The van der Waals surface area contributed by atoms with Crippen LogP contribution in [0, 0.1) is 0 Å². The predicted molar refractivity (Wildman–Crippen MR) is 112 cm³/mol. The van der Waals surface area contributed by atoms with E-state index in [1.807, 2.05) is 12.1 Å². The van der Waals surface area contributed by atoms with Crippen LogP contribution in [-0.4, -0.2) is 37.4 Å². The number of aromatic nitrogens is 1. The molecule has 2 aromatic carbocycles. The lowest BCUT2D eigenvalue weighted by atomic mass is 10.1. The third-order valence-corrected chi connectivity index (χ3v) is 7.02. The number of carbonyl (C=O) groups excluding carboxylic acids is 1. The monoisotopic (exact) mass is 412 g/mol. The minimum atomic E-state index is -3.79. The Morgan fingerprint density at radius 3 is 2.55 bits per heavy atom. The lowest BCUT2D eigenvalue weighted by Gasteiger charge is -2.23. The molecular formula is C22H24N2O4S. The molecule has 1 aromatic heterocycles. The van der Waals surface area contributed by atoms with Gasteiger partial charge in [0.1, 0.15) is 0 Å². The summed E-state index contributed by atoms with van der Waals surface area (Å²) in [6, 6.07) is 14.3. The molecule has 4 rings (SSSR count). The van der Waals surface area contributed by atoms with Gasteiger partial charge in [-0.2, -0.15) is 0 Å². The van der Waals surface area contributed by atoms with Gasteiger partial charge < -0.3 is 10.1 Å². The maximum Gasteiger partial charge on any atom is 0.268 e. The fraction of sp³-hybridized carbons (Fsp3) is 0.318. The average molecular weight is 413 g/mol. The van der Waals surface area contributed by atoms with Crippen molar-refractivity contribution in [2.45, 2.75) is 37.2 Å². The highest BCUT2D eigenvalue weighted by atomic mass is 32.2. The Balaban J connectivity index is 1.71. The summed E-state index contributed by atoms with van der Waals surface area (Å²) in [4.78, 5) is 12.4. The standard InChI is InChI=1S/C22H24N2O4S/c1-16(25)21-15-24(29(26,27)19-5-3-2-4-6-19)22-8-7-17(13-20(21)22)14-23-18-9-11-28-12-10-18/h2-8,13,15,18,23H,9-12,14H2,1H3. The van der Waals surface area contributed by atoms with E-state index in [-0.39, 0.29) is 10.7 Å². The molecule has 0 saturated carbocycles. The summed E-state index contributed by atoms with van der Waals surface area (Å²) < 4.78 is 32.9. The molecule has 0 amide bonds. The lowest BCUT2D eigenvalue weighted by Crippen LogP contribution is -2.34. The van der Waals surface area contributed by atoms with Gasteiger partial charge in [0.15, 0.2) is 5.78 Å². The van der Waals surface area contributed by atoms with Crippen LogP contribution >= 0.6 is 0 Å². The molecule has 0 bridgehead atoms. The van der Waals surface area contributed by atoms with Crippen LogP contribution in [0.5, 0.6) is 0 Å². The van der Waals surface area contributed by atoms with E-state index in [1.165, 1.54) is 17.1 Å². The predicted octanol–water partition coefficient (Wildman–Crippen LogP) is 3.35. The van der Waals surface area contributed by atoms with E-state index in [0.29, 0.717) is 29.1 Å². The number of Topliss-reactive ketones (excluding diaryl/α,β-unsaturated/α-hetero) is 1. The Hall–Kier alpha value is -2.48. The molecule has 0 unspecified atom stereocenters. The summed E-state index contributed by atoms with van der Waals surface area (Å²) in [5.74, 6) is -0.161. The number of benzene rings is 2. The molecule has 0 radical (unpaired) electrons. The highest BCUT2D eigenvalue weighted by Crippen LogP contribution is 2.27. The first kappa shape index (κ1) is 19.8. The molecule has 1 saturated heterocycles. The molecule has 1 aliphatic heterocycles. The Kier molecular flexibility index (Phi) is 5.54. The molecule has 1 N–H and O–H groups in total. The Labute approximate surface area is 170 Å². The summed E-state index contributed by atoms with van der Waals surface area (Å²) in [5, 5.41) is 4.18. The van der Waals surface area contributed by atoms with Crippen LogP contribution < -0.4 is 5.32 Å². The van der Waals surface area contributed by atoms with Gasteiger partial charge in [-0.15, -0.1) is 0 Å². The third-order valence-electron chi connectivity index (χ3n) is 5.33. The first-order valence-electron chi connectivity index (χ1n) is 9.73. The summed E-state index contributed by atoms with van der Waals surface area (Å²) in [7, 11) is -3.79. The van der Waals surface area contributed by atoms with E-state index in [0.717, 1.165) is 31.6 Å². The van der Waals surface area contributed by atoms with E-state index in [4.69, 9.17) is 4.74 Å². The summed E-state index contributed by atoms with van der Waals surface area (Å²) in [6.07, 6.45) is 3.39. The van der Waals surface area contributed by atoms with Gasteiger partial charge in [-0.05, 0) is 49.6 Å². The lowest BCUT2D eigenvalue weighted by molar-refractivity contribution is 0.0776. The van der Waals surface area contributed by atoms with Crippen LogP contribution in [0.15, 0.2) is 59.6 Å². The number of fused-ring (bicyclic) bond motifs is 1. The van der Waals surface area contributed by atoms with Gasteiger partial charge in [0.25, 0.3) is 10.0 Å². The second-order valence-electron chi connectivity index (χ2n) is 7.33. The zero-order valence-electron chi connectivity index (χ0n) is 16.3. The van der Waals surface area contributed by atoms with Crippen molar-refractivity contribution >= 4 is 26.7 Å². The molecule has 6 nitrogen and oxygen atoms in total. The third kappa shape index (κ3) is 3.99. The van der Waals surface area contributed by atoms with Crippen molar-refractivity contribution < 1.29 is 17.9 Å². The molecule has 0 spiro atoms. The first-order valence-corrected chi connectivity index (χ1v) is 11.2. The number of hydrogen-bond acceptors (Lipinski definition) is 5. The van der Waals surface area contributed by atoms with Crippen LogP contribution in [-0.2, 0) is 21.3 Å². The minimum absolute atomic E-state index is 0.161. The smallest absolute Gasteiger partial charge is 0.268 e. The molecular weight excluding hydrogens is 388 g/mol. The van der Waals surface area contributed by atoms with E-state index < -0.39 is 10.0 Å². The molecule has 7 heteroatoms. The fourth-order valence-corrected chi connectivity index (χ4v) is 5.10. The largest absolute Gasteiger partial charge is 0.381 e. The van der Waals surface area contributed by atoms with Crippen molar-refractivity contribution in [3.8, 4) is 0 Å². The average Bonchev–Trinajstić information content (AvgIpc) is 3.14. The highest BCUT2D eigenvalue weighted by molar-refractivity contribution is 7.90. The summed E-state index contributed by atoms with van der Waals surface area (Å²) in [6.45, 7) is 3.66. The fourth-order valence-electron chi connectivity index (χ4n) is 3.71. The second-order valence-corrected chi connectivity index (χ2v) is 9.15. The van der Waals surface area contributed by atoms with Gasteiger partial charge in [-0.1, -0.05) is 24.3 Å². The van der Waals surface area contributed by atoms with Crippen molar-refractivity contribution in [3.05, 3.63) is 65.9 Å². The maximum atomic E-state index is 13.1. The maximum absolute atomic E-state index is 13.1. The summed E-state index contributed by atoms with van der Waals surface area (Å²) >= 11 is 0. The molecule has 1 fully saturated rings. The van der Waals surface area contributed by atoms with Crippen LogP contribution in [0.2, 0.25) is 0 Å². The zero-order valence-corrected chi connectivity index (χ0v) is 17.1. The number of ketones is 1. The molecule has 29 heavy (non-hydrogen) atoms.